The van der Waals surface area contributed by atoms with Crippen molar-refractivity contribution in [3.8, 4) is 0 Å². The molecule has 102 valence electrons. The summed E-state index contributed by atoms with van der Waals surface area (Å²) in [6.45, 7) is 4.02. The Morgan fingerprint density at radius 2 is 2.21 bits per heavy atom. The van der Waals surface area contributed by atoms with E-state index in [0.717, 1.165) is 12.8 Å². The highest BCUT2D eigenvalue weighted by Crippen LogP contribution is 2.25. The Balaban J connectivity index is 3.11. The first kappa shape index (κ1) is 15.1. The van der Waals surface area contributed by atoms with Crippen LogP contribution in [0.2, 0.25) is 0 Å². The van der Waals surface area contributed by atoms with Crippen molar-refractivity contribution in [3.63, 3.8) is 0 Å². The molecule has 1 aromatic heterocycles. The molecule has 19 heavy (non-hydrogen) atoms. The van der Waals surface area contributed by atoms with E-state index in [4.69, 9.17) is 5.73 Å². The van der Waals surface area contributed by atoms with Crippen molar-refractivity contribution in [2.75, 3.05) is 0 Å². The number of primary amides is 1. The maximum atomic E-state index is 13.6. The van der Waals surface area contributed by atoms with Crippen LogP contribution in [0.1, 0.15) is 48.5 Å². The zero-order chi connectivity index (χ0) is 14.3. The van der Waals surface area contributed by atoms with Crippen molar-refractivity contribution in [1.82, 2.24) is 4.98 Å². The number of nitrogens with two attached hydrogens (primary N) is 1. The normalized spacial score (nSPS) is 13.2. The zero-order valence-corrected chi connectivity index (χ0v) is 11.3. The highest BCUT2D eigenvalue weighted by atomic mass is 19.1. The maximum absolute atomic E-state index is 13.6. The van der Waals surface area contributed by atoms with Gasteiger partial charge in [-0.05, 0) is 24.5 Å². The minimum absolute atomic E-state index is 0.0542. The fourth-order valence-electron chi connectivity index (χ4n) is 1.88. The number of allylic oxidation sites excluding steroid dienone is 4. The van der Waals surface area contributed by atoms with Crippen molar-refractivity contribution in [3.05, 3.63) is 53.6 Å². The Kier molecular flexibility index (Phi) is 5.93. The van der Waals surface area contributed by atoms with E-state index in [0.29, 0.717) is 5.56 Å². The van der Waals surface area contributed by atoms with E-state index in [2.05, 4.69) is 4.98 Å². The molecule has 1 aromatic rings. The van der Waals surface area contributed by atoms with Gasteiger partial charge in [0.15, 0.2) is 0 Å². The van der Waals surface area contributed by atoms with Gasteiger partial charge in [-0.3, -0.25) is 4.79 Å². The topological polar surface area (TPSA) is 56.0 Å². The second-order valence-electron chi connectivity index (χ2n) is 4.17. The second kappa shape index (κ2) is 7.46. The minimum atomic E-state index is -0.805. The molecule has 4 heteroatoms. The summed E-state index contributed by atoms with van der Waals surface area (Å²) >= 11 is 0. The van der Waals surface area contributed by atoms with Gasteiger partial charge >= 0.3 is 0 Å². The van der Waals surface area contributed by atoms with Gasteiger partial charge in [-0.1, -0.05) is 38.2 Å². The number of hydrogen-bond acceptors (Lipinski definition) is 2. The minimum Gasteiger partial charge on any atom is -0.365 e. The van der Waals surface area contributed by atoms with Crippen LogP contribution < -0.4 is 5.73 Å². The van der Waals surface area contributed by atoms with Crippen LogP contribution >= 0.6 is 0 Å². The molecule has 0 saturated heterocycles. The summed E-state index contributed by atoms with van der Waals surface area (Å²) in [7, 11) is 0. The molecule has 0 bridgehead atoms. The fourth-order valence-corrected chi connectivity index (χ4v) is 1.88. The SMILES string of the molecule is CC/C=C/C=C/C(CC)c1ccnc(F)c1C(N)=O. The van der Waals surface area contributed by atoms with Gasteiger partial charge in [-0.2, -0.15) is 4.39 Å². The van der Waals surface area contributed by atoms with Crippen LogP contribution in [-0.2, 0) is 0 Å². The molecule has 3 nitrogen and oxygen atoms in total. The molecule has 0 spiro atoms. The van der Waals surface area contributed by atoms with Crippen LogP contribution in [0, 0.1) is 5.95 Å². The number of aromatic nitrogens is 1. The number of carbonyl (C=O) groups is 1. The first-order chi connectivity index (χ1) is 9.11. The Labute approximate surface area is 113 Å². The molecule has 0 aliphatic carbocycles. The van der Waals surface area contributed by atoms with E-state index in [1.54, 1.807) is 6.07 Å². The lowest BCUT2D eigenvalue weighted by atomic mass is 9.92. The molecule has 2 N–H and O–H groups in total. The summed E-state index contributed by atoms with van der Waals surface area (Å²) in [6, 6.07) is 1.64. The zero-order valence-electron chi connectivity index (χ0n) is 11.3. The lowest BCUT2D eigenvalue weighted by molar-refractivity contribution is 0.0994. The highest BCUT2D eigenvalue weighted by Gasteiger charge is 2.19. The molecular weight excluding hydrogens is 243 g/mol. The maximum Gasteiger partial charge on any atom is 0.253 e. The van der Waals surface area contributed by atoms with E-state index in [1.807, 2.05) is 38.2 Å². The molecule has 0 aliphatic heterocycles. The quantitative estimate of drug-likeness (QED) is 0.631. The molecule has 1 rings (SSSR count). The first-order valence-corrected chi connectivity index (χ1v) is 6.39. The lowest BCUT2D eigenvalue weighted by Gasteiger charge is -2.13. The molecule has 0 fully saturated rings. The summed E-state index contributed by atoms with van der Waals surface area (Å²) in [5.41, 5.74) is 5.70. The Bertz CT molecular complexity index is 495. The molecule has 0 aliphatic rings. The van der Waals surface area contributed by atoms with Crippen LogP contribution in [0.15, 0.2) is 36.6 Å². The van der Waals surface area contributed by atoms with E-state index < -0.39 is 11.9 Å². The van der Waals surface area contributed by atoms with Gasteiger partial charge in [-0.25, -0.2) is 4.98 Å². The van der Waals surface area contributed by atoms with Gasteiger partial charge in [0, 0.05) is 12.1 Å². The lowest BCUT2D eigenvalue weighted by Crippen LogP contribution is -2.18. The summed E-state index contributed by atoms with van der Waals surface area (Å²) < 4.78 is 13.6. The monoisotopic (exact) mass is 262 g/mol. The molecule has 0 saturated carbocycles. The summed E-state index contributed by atoms with van der Waals surface area (Å²) in [5.74, 6) is -1.64. The van der Waals surface area contributed by atoms with E-state index in [-0.39, 0.29) is 11.5 Å². The van der Waals surface area contributed by atoms with Crippen molar-refractivity contribution in [2.45, 2.75) is 32.6 Å². The van der Waals surface area contributed by atoms with Gasteiger partial charge in [0.2, 0.25) is 5.95 Å². The third kappa shape index (κ3) is 4.02. The van der Waals surface area contributed by atoms with Crippen LogP contribution in [0.25, 0.3) is 0 Å². The van der Waals surface area contributed by atoms with Gasteiger partial charge < -0.3 is 5.73 Å². The Hall–Kier alpha value is -1.97. The Morgan fingerprint density at radius 3 is 2.79 bits per heavy atom. The van der Waals surface area contributed by atoms with E-state index >= 15 is 0 Å². The predicted molar refractivity (Wildman–Crippen MR) is 74.3 cm³/mol. The highest BCUT2D eigenvalue weighted by molar-refractivity contribution is 5.94. The number of halogens is 1. The Morgan fingerprint density at radius 1 is 1.47 bits per heavy atom. The van der Waals surface area contributed by atoms with Crippen molar-refractivity contribution >= 4 is 5.91 Å². The first-order valence-electron chi connectivity index (χ1n) is 6.39. The van der Waals surface area contributed by atoms with E-state index in [1.165, 1.54) is 6.20 Å². The number of rotatable bonds is 6. The molecule has 1 heterocycles. The molecule has 1 amide bonds. The average molecular weight is 262 g/mol. The summed E-state index contributed by atoms with van der Waals surface area (Å²) in [6.07, 6.45) is 10.9. The van der Waals surface area contributed by atoms with Gasteiger partial charge in [0.05, 0.1) is 5.56 Å². The average Bonchev–Trinajstić information content (AvgIpc) is 2.38. The molecule has 0 radical (unpaired) electrons. The number of hydrogen-bond donors (Lipinski definition) is 1. The van der Waals surface area contributed by atoms with Crippen LogP contribution in [0.3, 0.4) is 0 Å². The fraction of sp³-hybridized carbons (Fsp3) is 0.333. The molecule has 0 aromatic carbocycles. The molecule has 1 atom stereocenters. The summed E-state index contributed by atoms with van der Waals surface area (Å²) in [4.78, 5) is 14.8. The van der Waals surface area contributed by atoms with Crippen molar-refractivity contribution in [2.24, 2.45) is 5.73 Å². The van der Waals surface area contributed by atoms with Gasteiger partial charge in [0.25, 0.3) is 5.91 Å². The third-order valence-corrected chi connectivity index (χ3v) is 2.85. The van der Waals surface area contributed by atoms with Gasteiger partial charge in [-0.15, -0.1) is 0 Å². The van der Waals surface area contributed by atoms with Gasteiger partial charge in [0.1, 0.15) is 0 Å². The van der Waals surface area contributed by atoms with Crippen LogP contribution in [0.4, 0.5) is 4.39 Å². The smallest absolute Gasteiger partial charge is 0.253 e. The largest absolute Gasteiger partial charge is 0.365 e. The number of amides is 1. The number of pyridine rings is 1. The van der Waals surface area contributed by atoms with Crippen LogP contribution in [0.5, 0.6) is 0 Å². The van der Waals surface area contributed by atoms with E-state index in [9.17, 15) is 9.18 Å². The number of nitrogens with zero attached hydrogens (tertiary/aromatic N) is 1. The van der Waals surface area contributed by atoms with Crippen LogP contribution in [-0.4, -0.2) is 10.9 Å². The molecule has 1 unspecified atom stereocenters. The van der Waals surface area contributed by atoms with Crippen molar-refractivity contribution < 1.29 is 9.18 Å². The third-order valence-electron chi connectivity index (χ3n) is 2.85. The van der Waals surface area contributed by atoms with Crippen molar-refractivity contribution in [1.29, 1.82) is 0 Å². The molecular formula is C15H19FN2O. The standard InChI is InChI=1S/C15H19FN2O/c1-3-5-6-7-8-11(4-2)12-9-10-18-14(16)13(12)15(17)19/h5-11H,3-4H2,1-2H3,(H2,17,19)/b6-5+,8-7+. The second-order valence-corrected chi connectivity index (χ2v) is 4.17. The summed E-state index contributed by atoms with van der Waals surface area (Å²) in [5, 5.41) is 0. The number of carbonyl (C=O) groups excluding carboxylic acids is 1. The predicted octanol–water partition coefficient (Wildman–Crippen LogP) is 3.34.